The molecule has 0 saturated carbocycles. The topological polar surface area (TPSA) is 59.3 Å². The fraction of sp³-hybridized carbons (Fsp3) is 0.273. The molecule has 1 fully saturated rings. The van der Waals surface area contributed by atoms with Gasteiger partial charge in [0.05, 0.1) is 23.3 Å². The van der Waals surface area contributed by atoms with E-state index >= 15 is 0 Å². The smallest absolute Gasteiger partial charge is 0.347 e. The standard InChI is InChI=1S/C11H8ClNO3/c12-8-5-7(6-13)1-2-9(8)16-10-3-4-15-11(10)14/h1-2,5,10H,3-4H2. The van der Waals surface area contributed by atoms with Crippen LogP contribution in [0, 0.1) is 11.3 Å². The lowest BCUT2D eigenvalue weighted by atomic mass is 10.2. The van der Waals surface area contributed by atoms with E-state index in [0.717, 1.165) is 0 Å². The van der Waals surface area contributed by atoms with Crippen molar-refractivity contribution in [2.24, 2.45) is 0 Å². The largest absolute Gasteiger partial charge is 0.477 e. The van der Waals surface area contributed by atoms with Crippen LogP contribution in [0.2, 0.25) is 5.02 Å². The molecule has 82 valence electrons. The van der Waals surface area contributed by atoms with Crippen LogP contribution in [0.5, 0.6) is 5.75 Å². The van der Waals surface area contributed by atoms with Gasteiger partial charge in [-0.25, -0.2) is 4.79 Å². The van der Waals surface area contributed by atoms with Gasteiger partial charge in [-0.3, -0.25) is 0 Å². The van der Waals surface area contributed by atoms with Crippen molar-refractivity contribution in [3.63, 3.8) is 0 Å². The van der Waals surface area contributed by atoms with Crippen molar-refractivity contribution in [1.29, 1.82) is 5.26 Å². The zero-order chi connectivity index (χ0) is 11.5. The number of esters is 1. The van der Waals surface area contributed by atoms with E-state index in [4.69, 9.17) is 26.3 Å². The van der Waals surface area contributed by atoms with Crippen LogP contribution in [0.25, 0.3) is 0 Å². The first-order chi connectivity index (χ1) is 7.70. The first-order valence-corrected chi connectivity index (χ1v) is 5.11. The molecule has 0 spiro atoms. The maximum absolute atomic E-state index is 11.2. The van der Waals surface area contributed by atoms with E-state index in [0.29, 0.717) is 29.4 Å². The second kappa shape index (κ2) is 4.42. The van der Waals surface area contributed by atoms with E-state index in [1.54, 1.807) is 12.1 Å². The summed E-state index contributed by atoms with van der Waals surface area (Å²) in [6.45, 7) is 0.372. The number of hydrogen-bond acceptors (Lipinski definition) is 4. The molecule has 0 N–H and O–H groups in total. The Kier molecular flexibility index (Phi) is 2.97. The van der Waals surface area contributed by atoms with E-state index < -0.39 is 6.10 Å². The monoisotopic (exact) mass is 237 g/mol. The van der Waals surface area contributed by atoms with E-state index in [1.165, 1.54) is 6.07 Å². The minimum Gasteiger partial charge on any atom is -0.477 e. The second-order valence-corrected chi connectivity index (χ2v) is 3.73. The van der Waals surface area contributed by atoms with Crippen molar-refractivity contribution in [1.82, 2.24) is 0 Å². The summed E-state index contributed by atoms with van der Waals surface area (Å²) in [6.07, 6.45) is -0.0692. The van der Waals surface area contributed by atoms with Gasteiger partial charge in [0, 0.05) is 6.42 Å². The highest BCUT2D eigenvalue weighted by Crippen LogP contribution is 2.27. The van der Waals surface area contributed by atoms with Crippen molar-refractivity contribution in [2.75, 3.05) is 6.61 Å². The van der Waals surface area contributed by atoms with Gasteiger partial charge in [-0.2, -0.15) is 5.26 Å². The van der Waals surface area contributed by atoms with Crippen LogP contribution in [0.3, 0.4) is 0 Å². The zero-order valence-corrected chi connectivity index (χ0v) is 9.03. The van der Waals surface area contributed by atoms with Crippen LogP contribution in [-0.2, 0) is 9.53 Å². The summed E-state index contributed by atoms with van der Waals surface area (Å²) >= 11 is 5.91. The van der Waals surface area contributed by atoms with Gasteiger partial charge in [-0.15, -0.1) is 0 Å². The number of cyclic esters (lactones) is 1. The molecule has 16 heavy (non-hydrogen) atoms. The molecule has 2 rings (SSSR count). The average Bonchev–Trinajstić information content (AvgIpc) is 2.67. The molecule has 0 bridgehead atoms. The number of rotatable bonds is 2. The maximum Gasteiger partial charge on any atom is 0.347 e. The summed E-state index contributed by atoms with van der Waals surface area (Å²) in [5.74, 6) is 0.0185. The third-order valence-electron chi connectivity index (χ3n) is 2.22. The highest BCUT2D eigenvalue weighted by molar-refractivity contribution is 6.32. The molecule has 1 aliphatic heterocycles. The van der Waals surface area contributed by atoms with Crippen molar-refractivity contribution < 1.29 is 14.3 Å². The summed E-state index contributed by atoms with van der Waals surface area (Å²) in [5.41, 5.74) is 0.450. The Morgan fingerprint density at radius 3 is 2.94 bits per heavy atom. The minimum absolute atomic E-state index is 0.318. The molecular weight excluding hydrogens is 230 g/mol. The van der Waals surface area contributed by atoms with Crippen molar-refractivity contribution in [3.05, 3.63) is 28.8 Å². The van der Waals surface area contributed by atoms with E-state index in [1.807, 2.05) is 6.07 Å². The molecular formula is C11H8ClNO3. The van der Waals surface area contributed by atoms with Gasteiger partial charge >= 0.3 is 5.97 Å². The van der Waals surface area contributed by atoms with Gasteiger partial charge in [0.15, 0.2) is 6.10 Å². The van der Waals surface area contributed by atoms with E-state index in [2.05, 4.69) is 0 Å². The van der Waals surface area contributed by atoms with Gasteiger partial charge < -0.3 is 9.47 Å². The first kappa shape index (κ1) is 10.8. The molecule has 0 amide bonds. The van der Waals surface area contributed by atoms with Gasteiger partial charge in [0.2, 0.25) is 0 Å². The van der Waals surface area contributed by atoms with Crippen LogP contribution >= 0.6 is 11.6 Å². The zero-order valence-electron chi connectivity index (χ0n) is 8.27. The van der Waals surface area contributed by atoms with E-state index in [-0.39, 0.29) is 5.97 Å². The highest BCUT2D eigenvalue weighted by atomic mass is 35.5. The Morgan fingerprint density at radius 2 is 2.38 bits per heavy atom. The molecule has 1 aliphatic rings. The Bertz CT molecular complexity index is 467. The number of hydrogen-bond donors (Lipinski definition) is 0. The van der Waals surface area contributed by atoms with Crippen LogP contribution < -0.4 is 4.74 Å². The second-order valence-electron chi connectivity index (χ2n) is 3.32. The van der Waals surface area contributed by atoms with Gasteiger partial charge in [-0.05, 0) is 18.2 Å². The average molecular weight is 238 g/mol. The Morgan fingerprint density at radius 1 is 1.56 bits per heavy atom. The molecule has 1 heterocycles. The number of benzene rings is 1. The lowest BCUT2D eigenvalue weighted by Gasteiger charge is -2.11. The lowest BCUT2D eigenvalue weighted by molar-refractivity contribution is -0.143. The fourth-order valence-electron chi connectivity index (χ4n) is 1.40. The number of halogens is 1. The number of ether oxygens (including phenoxy) is 2. The normalized spacial score (nSPS) is 19.0. The van der Waals surface area contributed by atoms with Gasteiger partial charge in [0.1, 0.15) is 5.75 Å². The summed E-state index contributed by atoms with van der Waals surface area (Å²) in [6, 6.07) is 6.62. The quantitative estimate of drug-likeness (QED) is 0.738. The molecule has 5 heteroatoms. The molecule has 0 aromatic heterocycles. The maximum atomic E-state index is 11.2. The third-order valence-corrected chi connectivity index (χ3v) is 2.51. The molecule has 1 aromatic carbocycles. The summed E-state index contributed by atoms with van der Waals surface area (Å²) in [7, 11) is 0. The van der Waals surface area contributed by atoms with Crippen molar-refractivity contribution >= 4 is 17.6 Å². The van der Waals surface area contributed by atoms with Gasteiger partial charge in [-0.1, -0.05) is 11.6 Å². The number of nitriles is 1. The fourth-order valence-corrected chi connectivity index (χ4v) is 1.63. The minimum atomic E-state index is -0.592. The molecule has 1 atom stereocenters. The molecule has 1 saturated heterocycles. The predicted molar refractivity (Wildman–Crippen MR) is 56.2 cm³/mol. The van der Waals surface area contributed by atoms with Crippen LogP contribution in [0.4, 0.5) is 0 Å². The lowest BCUT2D eigenvalue weighted by Crippen LogP contribution is -2.21. The predicted octanol–water partition coefficient (Wildman–Crippen LogP) is 1.91. The third kappa shape index (κ3) is 2.10. The van der Waals surface area contributed by atoms with Gasteiger partial charge in [0.25, 0.3) is 0 Å². The van der Waals surface area contributed by atoms with Crippen LogP contribution in [0.1, 0.15) is 12.0 Å². The highest BCUT2D eigenvalue weighted by Gasteiger charge is 2.28. The Hall–Kier alpha value is -1.73. The van der Waals surface area contributed by atoms with Crippen molar-refractivity contribution in [3.8, 4) is 11.8 Å². The SMILES string of the molecule is N#Cc1ccc(OC2CCOC2=O)c(Cl)c1. The first-order valence-electron chi connectivity index (χ1n) is 4.73. The molecule has 1 unspecified atom stereocenters. The summed E-state index contributed by atoms with van der Waals surface area (Å²) in [5, 5.41) is 8.97. The molecule has 0 radical (unpaired) electrons. The Labute approximate surface area is 97.3 Å². The number of carbonyl (C=O) groups is 1. The van der Waals surface area contributed by atoms with Crippen molar-refractivity contribution in [2.45, 2.75) is 12.5 Å². The summed E-state index contributed by atoms with van der Waals surface area (Å²) in [4.78, 5) is 11.2. The van der Waals surface area contributed by atoms with E-state index in [9.17, 15) is 4.79 Å². The van der Waals surface area contributed by atoms with Crippen LogP contribution in [-0.4, -0.2) is 18.7 Å². The molecule has 1 aromatic rings. The molecule has 0 aliphatic carbocycles. The molecule has 4 nitrogen and oxygen atoms in total. The number of carbonyl (C=O) groups excluding carboxylic acids is 1. The number of nitrogens with zero attached hydrogens (tertiary/aromatic N) is 1. The van der Waals surface area contributed by atoms with Crippen LogP contribution in [0.15, 0.2) is 18.2 Å². The Balaban J connectivity index is 2.16. The summed E-state index contributed by atoms with van der Waals surface area (Å²) < 4.78 is 10.2.